The molecule has 0 bridgehead atoms. The minimum Gasteiger partial charge on any atom is -0.348 e. The van der Waals surface area contributed by atoms with Gasteiger partial charge in [-0.25, -0.2) is 0 Å². The Balaban J connectivity index is 1.87. The monoisotopic (exact) mass is 210 g/mol. The topological polar surface area (TPSA) is 45.5 Å². The number of hydrogen-bond donors (Lipinski definition) is 0. The summed E-state index contributed by atoms with van der Waals surface area (Å²) in [6.45, 7) is 4.94. The minimum absolute atomic E-state index is 0.0145. The van der Waals surface area contributed by atoms with E-state index < -0.39 is 0 Å². The number of nitriles is 1. The lowest BCUT2D eigenvalue weighted by Gasteiger charge is -2.26. The fourth-order valence-electron chi connectivity index (χ4n) is 2.43. The molecule has 4 nitrogen and oxygen atoms in total. The zero-order valence-electron chi connectivity index (χ0n) is 9.19. The van der Waals surface area contributed by atoms with Gasteiger partial charge in [-0.15, -0.1) is 0 Å². The summed E-state index contributed by atoms with van der Waals surface area (Å²) in [5.74, 6) is 0. The van der Waals surface area contributed by atoms with E-state index in [-0.39, 0.29) is 12.4 Å². The molecule has 0 aromatic carbocycles. The molecule has 2 fully saturated rings. The first-order valence-corrected chi connectivity index (χ1v) is 5.73. The van der Waals surface area contributed by atoms with E-state index in [1.165, 1.54) is 6.42 Å². The molecule has 0 saturated carbocycles. The van der Waals surface area contributed by atoms with Gasteiger partial charge in [0.05, 0.1) is 31.2 Å². The number of likely N-dealkylation sites (N-methyl/N-ethyl adjacent to an activating group) is 1. The van der Waals surface area contributed by atoms with Crippen LogP contribution in [0.1, 0.15) is 26.2 Å². The molecule has 2 aliphatic heterocycles. The van der Waals surface area contributed by atoms with Gasteiger partial charge in [0.25, 0.3) is 0 Å². The molecular weight excluding hydrogens is 192 g/mol. The van der Waals surface area contributed by atoms with Gasteiger partial charge in [0.15, 0.2) is 6.29 Å². The highest BCUT2D eigenvalue weighted by Crippen LogP contribution is 2.27. The molecule has 2 aliphatic rings. The summed E-state index contributed by atoms with van der Waals surface area (Å²) in [4.78, 5) is 2.40. The third-order valence-electron chi connectivity index (χ3n) is 3.23. The van der Waals surface area contributed by atoms with Crippen molar-refractivity contribution in [1.29, 1.82) is 5.26 Å². The third kappa shape index (κ3) is 2.31. The maximum Gasteiger partial charge on any atom is 0.173 e. The van der Waals surface area contributed by atoms with Crippen LogP contribution in [0.5, 0.6) is 0 Å². The molecule has 84 valence electrons. The lowest BCUT2D eigenvalue weighted by Crippen LogP contribution is -2.39. The first-order valence-electron chi connectivity index (χ1n) is 5.73. The van der Waals surface area contributed by atoms with Crippen LogP contribution in [0.15, 0.2) is 0 Å². The van der Waals surface area contributed by atoms with Crippen LogP contribution in [0, 0.1) is 11.3 Å². The molecule has 2 saturated heterocycles. The molecule has 0 aromatic rings. The highest BCUT2D eigenvalue weighted by atomic mass is 16.7. The van der Waals surface area contributed by atoms with Crippen molar-refractivity contribution in [3.05, 3.63) is 0 Å². The summed E-state index contributed by atoms with van der Waals surface area (Å²) in [7, 11) is 0. The standard InChI is InChI=1S/C11H18N2O2/c1-2-13-7-3-4-10(13)11-14-8-9(15-11)5-6-12/h9-11H,2-5,7-8H2,1H3. The highest BCUT2D eigenvalue weighted by Gasteiger charge is 2.37. The molecule has 0 radical (unpaired) electrons. The molecule has 0 aromatic heterocycles. The van der Waals surface area contributed by atoms with E-state index in [1.54, 1.807) is 0 Å². The Labute approximate surface area is 90.8 Å². The van der Waals surface area contributed by atoms with Crippen LogP contribution in [-0.2, 0) is 9.47 Å². The number of rotatable bonds is 3. The largest absolute Gasteiger partial charge is 0.348 e. The van der Waals surface area contributed by atoms with Gasteiger partial charge in [0, 0.05) is 0 Å². The van der Waals surface area contributed by atoms with E-state index in [1.807, 2.05) is 0 Å². The van der Waals surface area contributed by atoms with Crippen LogP contribution in [-0.4, -0.2) is 43.0 Å². The molecule has 0 N–H and O–H groups in total. The molecule has 0 amide bonds. The van der Waals surface area contributed by atoms with Crippen molar-refractivity contribution in [2.75, 3.05) is 19.7 Å². The quantitative estimate of drug-likeness (QED) is 0.700. The molecule has 3 unspecified atom stereocenters. The first kappa shape index (κ1) is 10.9. The van der Waals surface area contributed by atoms with Crippen LogP contribution in [0.25, 0.3) is 0 Å². The Morgan fingerprint density at radius 3 is 3.13 bits per heavy atom. The van der Waals surface area contributed by atoms with Crippen LogP contribution < -0.4 is 0 Å². The van der Waals surface area contributed by atoms with Crippen molar-refractivity contribution in [2.45, 2.75) is 44.6 Å². The fourth-order valence-corrected chi connectivity index (χ4v) is 2.43. The van der Waals surface area contributed by atoms with E-state index in [2.05, 4.69) is 17.9 Å². The van der Waals surface area contributed by atoms with Crippen molar-refractivity contribution in [3.8, 4) is 6.07 Å². The minimum atomic E-state index is -0.106. The smallest absolute Gasteiger partial charge is 0.173 e. The zero-order chi connectivity index (χ0) is 10.7. The fraction of sp³-hybridized carbons (Fsp3) is 0.909. The molecule has 2 rings (SSSR count). The van der Waals surface area contributed by atoms with Crippen molar-refractivity contribution in [1.82, 2.24) is 4.90 Å². The van der Waals surface area contributed by atoms with Crippen molar-refractivity contribution in [3.63, 3.8) is 0 Å². The number of ether oxygens (including phenoxy) is 2. The highest BCUT2D eigenvalue weighted by molar-refractivity contribution is 4.86. The van der Waals surface area contributed by atoms with Crippen LogP contribution in [0.3, 0.4) is 0 Å². The summed E-state index contributed by atoms with van der Waals surface area (Å²) in [6.07, 6.45) is 2.70. The van der Waals surface area contributed by atoms with Gasteiger partial charge >= 0.3 is 0 Å². The second-order valence-electron chi connectivity index (χ2n) is 4.16. The molecule has 15 heavy (non-hydrogen) atoms. The molecule has 0 spiro atoms. The second kappa shape index (κ2) is 4.93. The van der Waals surface area contributed by atoms with E-state index in [0.717, 1.165) is 19.5 Å². The second-order valence-corrected chi connectivity index (χ2v) is 4.16. The maximum absolute atomic E-state index is 8.58. The van der Waals surface area contributed by atoms with Gasteiger partial charge in [0.2, 0.25) is 0 Å². The van der Waals surface area contributed by atoms with Crippen molar-refractivity contribution < 1.29 is 9.47 Å². The summed E-state index contributed by atoms with van der Waals surface area (Å²) in [5, 5.41) is 8.58. The van der Waals surface area contributed by atoms with Gasteiger partial charge < -0.3 is 9.47 Å². The Hall–Kier alpha value is -0.630. The van der Waals surface area contributed by atoms with Gasteiger partial charge in [0.1, 0.15) is 0 Å². The summed E-state index contributed by atoms with van der Waals surface area (Å²) < 4.78 is 11.4. The summed E-state index contributed by atoms with van der Waals surface area (Å²) in [6, 6.07) is 2.53. The van der Waals surface area contributed by atoms with E-state index in [9.17, 15) is 0 Å². The Kier molecular flexibility index (Phi) is 3.57. The average Bonchev–Trinajstić information content (AvgIpc) is 2.84. The van der Waals surface area contributed by atoms with Gasteiger partial charge in [-0.1, -0.05) is 6.92 Å². The Bertz CT molecular complexity index is 251. The normalized spacial score (nSPS) is 36.9. The van der Waals surface area contributed by atoms with Crippen LogP contribution in [0.2, 0.25) is 0 Å². The predicted molar refractivity (Wildman–Crippen MR) is 55.1 cm³/mol. The van der Waals surface area contributed by atoms with Crippen molar-refractivity contribution >= 4 is 0 Å². The maximum atomic E-state index is 8.58. The Morgan fingerprint density at radius 1 is 1.53 bits per heavy atom. The van der Waals surface area contributed by atoms with Gasteiger partial charge in [-0.3, -0.25) is 4.90 Å². The van der Waals surface area contributed by atoms with E-state index in [4.69, 9.17) is 14.7 Å². The molecule has 0 aliphatic carbocycles. The lowest BCUT2D eigenvalue weighted by molar-refractivity contribution is -0.100. The van der Waals surface area contributed by atoms with Crippen molar-refractivity contribution in [2.24, 2.45) is 0 Å². The van der Waals surface area contributed by atoms with Crippen LogP contribution in [0.4, 0.5) is 0 Å². The summed E-state index contributed by atoms with van der Waals surface area (Å²) in [5.41, 5.74) is 0. The number of hydrogen-bond acceptors (Lipinski definition) is 4. The molecule has 3 atom stereocenters. The van der Waals surface area contributed by atoms with Gasteiger partial charge in [-0.05, 0) is 25.9 Å². The zero-order valence-corrected chi connectivity index (χ0v) is 9.19. The predicted octanol–water partition coefficient (Wildman–Crippen LogP) is 1.13. The lowest BCUT2D eigenvalue weighted by atomic mass is 10.2. The number of nitrogens with zero attached hydrogens (tertiary/aromatic N) is 2. The SMILES string of the molecule is CCN1CCCC1C1OCC(CC#N)O1. The van der Waals surface area contributed by atoms with Crippen LogP contribution >= 0.6 is 0 Å². The van der Waals surface area contributed by atoms with E-state index in [0.29, 0.717) is 19.1 Å². The molecule has 4 heteroatoms. The first-order chi connectivity index (χ1) is 7.35. The average molecular weight is 210 g/mol. The Morgan fingerprint density at radius 2 is 2.40 bits per heavy atom. The third-order valence-corrected chi connectivity index (χ3v) is 3.23. The molecular formula is C11H18N2O2. The van der Waals surface area contributed by atoms with Gasteiger partial charge in [-0.2, -0.15) is 5.26 Å². The summed E-state index contributed by atoms with van der Waals surface area (Å²) >= 11 is 0. The molecule has 2 heterocycles. The van der Waals surface area contributed by atoms with E-state index >= 15 is 0 Å². The number of likely N-dealkylation sites (tertiary alicyclic amines) is 1.